The van der Waals surface area contributed by atoms with Gasteiger partial charge >= 0.3 is 0 Å². The first kappa shape index (κ1) is 19.8. The van der Waals surface area contributed by atoms with Crippen LogP contribution in [-0.2, 0) is 24.4 Å². The summed E-state index contributed by atoms with van der Waals surface area (Å²) in [5, 5.41) is 9.75. The first-order valence-corrected chi connectivity index (χ1v) is 9.37. The molecule has 8 heteroatoms. The molecule has 3 rings (SSSR count). The molecule has 0 radical (unpaired) electrons. The first-order valence-electron chi connectivity index (χ1n) is 8.96. The van der Waals surface area contributed by atoms with Gasteiger partial charge in [0.1, 0.15) is 30.5 Å². The first-order chi connectivity index (χ1) is 13.5. The van der Waals surface area contributed by atoms with E-state index in [0.717, 1.165) is 24.2 Å². The summed E-state index contributed by atoms with van der Waals surface area (Å²) >= 11 is 5.20. The molecule has 0 saturated carbocycles. The average molecular weight is 400 g/mol. The number of carbonyl (C=O) groups excluding carboxylic acids is 1. The van der Waals surface area contributed by atoms with Crippen LogP contribution in [-0.4, -0.2) is 20.7 Å². The normalized spacial score (nSPS) is 10.6. The van der Waals surface area contributed by atoms with Gasteiger partial charge < -0.3 is 10.1 Å². The predicted molar refractivity (Wildman–Crippen MR) is 107 cm³/mol. The van der Waals surface area contributed by atoms with Gasteiger partial charge in [-0.1, -0.05) is 25.1 Å². The minimum atomic E-state index is -0.348. The third-order valence-corrected chi connectivity index (χ3v) is 4.34. The molecule has 1 aromatic heterocycles. The molecule has 2 aromatic carbocycles. The zero-order valence-electron chi connectivity index (χ0n) is 15.4. The number of anilines is 1. The van der Waals surface area contributed by atoms with Gasteiger partial charge in [0.2, 0.25) is 5.91 Å². The summed E-state index contributed by atoms with van der Waals surface area (Å²) in [6.45, 7) is 2.40. The number of rotatable bonds is 8. The molecule has 0 aliphatic carbocycles. The Labute approximate surface area is 167 Å². The molecule has 0 unspecified atom stereocenters. The van der Waals surface area contributed by atoms with Crippen molar-refractivity contribution >= 4 is 23.8 Å². The van der Waals surface area contributed by atoms with E-state index in [2.05, 4.69) is 15.5 Å². The number of ether oxygens (including phenoxy) is 1. The third-order valence-electron chi connectivity index (χ3n) is 4.02. The molecule has 28 heavy (non-hydrogen) atoms. The molecule has 0 bridgehead atoms. The molecular weight excluding hydrogens is 379 g/mol. The Bertz CT molecular complexity index is 1020. The number of H-pyrrole nitrogens is 1. The summed E-state index contributed by atoms with van der Waals surface area (Å²) < 4.78 is 20.9. The zero-order chi connectivity index (χ0) is 19.9. The molecular formula is C20H21FN4O2S. The van der Waals surface area contributed by atoms with Crippen molar-refractivity contribution in [2.75, 3.05) is 5.32 Å². The molecule has 1 heterocycles. The highest BCUT2D eigenvalue weighted by atomic mass is 32.1. The number of nitrogens with one attached hydrogen (secondary N) is 2. The smallest absolute Gasteiger partial charge is 0.244 e. The van der Waals surface area contributed by atoms with E-state index in [4.69, 9.17) is 17.0 Å². The van der Waals surface area contributed by atoms with Gasteiger partial charge in [-0.15, -0.1) is 0 Å². The van der Waals surface area contributed by atoms with Crippen LogP contribution in [0, 0.1) is 10.6 Å². The molecule has 0 aliphatic rings. The Kier molecular flexibility index (Phi) is 6.54. The average Bonchev–Trinajstić information content (AvgIpc) is 3.00. The number of halogens is 1. The lowest BCUT2D eigenvalue weighted by Crippen LogP contribution is -2.20. The lowest BCUT2D eigenvalue weighted by atomic mass is 10.2. The minimum Gasteiger partial charge on any atom is -0.489 e. The lowest BCUT2D eigenvalue weighted by Gasteiger charge is -2.10. The third kappa shape index (κ3) is 5.26. The van der Waals surface area contributed by atoms with Crippen LogP contribution in [0.3, 0.4) is 0 Å². The van der Waals surface area contributed by atoms with E-state index < -0.39 is 0 Å². The van der Waals surface area contributed by atoms with Gasteiger partial charge in [0, 0.05) is 18.2 Å². The number of benzene rings is 2. The molecule has 146 valence electrons. The van der Waals surface area contributed by atoms with Crippen molar-refractivity contribution in [3.63, 3.8) is 0 Å². The molecule has 0 aliphatic heterocycles. The van der Waals surface area contributed by atoms with Crippen LogP contribution in [0.5, 0.6) is 5.75 Å². The Morgan fingerprint density at radius 1 is 1.29 bits per heavy atom. The maximum atomic E-state index is 13.2. The lowest BCUT2D eigenvalue weighted by molar-refractivity contribution is -0.116. The molecule has 1 amide bonds. The molecule has 0 saturated heterocycles. The fraction of sp³-hybridized carbons (Fsp3) is 0.250. The highest BCUT2D eigenvalue weighted by Gasteiger charge is 2.10. The Balaban J connectivity index is 1.62. The second-order valence-electron chi connectivity index (χ2n) is 6.28. The summed E-state index contributed by atoms with van der Waals surface area (Å²) in [6, 6.07) is 13.3. The van der Waals surface area contributed by atoms with Crippen molar-refractivity contribution < 1.29 is 13.9 Å². The quantitative estimate of drug-likeness (QED) is 0.555. The van der Waals surface area contributed by atoms with Crippen molar-refractivity contribution in [1.29, 1.82) is 0 Å². The fourth-order valence-corrected chi connectivity index (χ4v) is 2.95. The number of carbonyl (C=O) groups is 1. The maximum absolute atomic E-state index is 13.2. The van der Waals surface area contributed by atoms with Crippen LogP contribution in [0.2, 0.25) is 0 Å². The molecule has 2 N–H and O–H groups in total. The van der Waals surface area contributed by atoms with E-state index in [1.54, 1.807) is 22.8 Å². The summed E-state index contributed by atoms with van der Waals surface area (Å²) in [7, 11) is 0. The molecule has 0 fully saturated rings. The number of hydrogen-bond donors (Lipinski definition) is 2. The van der Waals surface area contributed by atoms with E-state index >= 15 is 0 Å². The molecule has 0 atom stereocenters. The maximum Gasteiger partial charge on any atom is 0.244 e. The van der Waals surface area contributed by atoms with Gasteiger partial charge in [0.05, 0.1) is 0 Å². The summed E-state index contributed by atoms with van der Waals surface area (Å²) in [5.74, 6) is 0.670. The van der Waals surface area contributed by atoms with Crippen LogP contribution in [0.15, 0.2) is 48.5 Å². The largest absolute Gasteiger partial charge is 0.489 e. The monoisotopic (exact) mass is 400 g/mol. The minimum absolute atomic E-state index is 0.0920. The van der Waals surface area contributed by atoms with Gasteiger partial charge in [-0.3, -0.25) is 14.5 Å². The van der Waals surface area contributed by atoms with E-state index in [9.17, 15) is 9.18 Å². The number of aromatic nitrogens is 3. The standard InChI is InChI=1S/C20H21FN4O2S/c1-2-5-18-23-24-20(28)25(18)12-19(26)22-16-8-3-6-14(10-16)13-27-17-9-4-7-15(21)11-17/h3-4,6-11H,2,5,12-13H2,1H3,(H,22,26)(H,24,28). The molecule has 0 spiro atoms. The van der Waals surface area contributed by atoms with Crippen LogP contribution < -0.4 is 10.1 Å². The van der Waals surface area contributed by atoms with Crippen LogP contribution in [0.1, 0.15) is 24.7 Å². The summed E-state index contributed by atoms with van der Waals surface area (Å²) in [5.41, 5.74) is 1.51. The topological polar surface area (TPSA) is 71.9 Å². The zero-order valence-corrected chi connectivity index (χ0v) is 16.3. The van der Waals surface area contributed by atoms with Crippen molar-refractivity contribution in [3.8, 4) is 5.75 Å². The van der Waals surface area contributed by atoms with E-state index in [1.165, 1.54) is 12.1 Å². The molecule has 3 aromatic rings. The van der Waals surface area contributed by atoms with E-state index in [-0.39, 0.29) is 24.9 Å². The predicted octanol–water partition coefficient (Wildman–Crippen LogP) is 4.25. The molecule has 6 nitrogen and oxygen atoms in total. The van der Waals surface area contributed by atoms with Crippen molar-refractivity contribution in [1.82, 2.24) is 14.8 Å². The number of nitrogens with zero attached hydrogens (tertiary/aromatic N) is 2. The second-order valence-corrected chi connectivity index (χ2v) is 6.66. The Morgan fingerprint density at radius 2 is 2.11 bits per heavy atom. The highest BCUT2D eigenvalue weighted by molar-refractivity contribution is 7.71. The van der Waals surface area contributed by atoms with Gasteiger partial charge in [0.25, 0.3) is 0 Å². The SMILES string of the molecule is CCCc1n[nH]c(=S)n1CC(=O)Nc1cccc(COc2cccc(F)c2)c1. The Morgan fingerprint density at radius 3 is 2.89 bits per heavy atom. The van der Waals surface area contributed by atoms with Crippen molar-refractivity contribution in [3.05, 3.63) is 70.5 Å². The Hall–Kier alpha value is -3.00. The number of aromatic amines is 1. The highest BCUT2D eigenvalue weighted by Crippen LogP contribution is 2.16. The fourth-order valence-electron chi connectivity index (χ4n) is 2.73. The second kappa shape index (κ2) is 9.27. The number of amides is 1. The van der Waals surface area contributed by atoms with E-state index in [0.29, 0.717) is 16.2 Å². The van der Waals surface area contributed by atoms with Gasteiger partial charge in [-0.2, -0.15) is 5.10 Å². The van der Waals surface area contributed by atoms with Crippen LogP contribution in [0.25, 0.3) is 0 Å². The van der Waals surface area contributed by atoms with E-state index in [1.807, 2.05) is 25.1 Å². The number of aryl methyl sites for hydroxylation is 1. The van der Waals surface area contributed by atoms with Crippen LogP contribution >= 0.6 is 12.2 Å². The van der Waals surface area contributed by atoms with Crippen LogP contribution in [0.4, 0.5) is 10.1 Å². The summed E-state index contributed by atoms with van der Waals surface area (Å²) in [6.07, 6.45) is 1.65. The van der Waals surface area contributed by atoms with Crippen molar-refractivity contribution in [2.45, 2.75) is 32.9 Å². The van der Waals surface area contributed by atoms with Gasteiger partial charge in [0.15, 0.2) is 4.77 Å². The van der Waals surface area contributed by atoms with Gasteiger partial charge in [-0.25, -0.2) is 4.39 Å². The number of hydrogen-bond acceptors (Lipinski definition) is 4. The van der Waals surface area contributed by atoms with Gasteiger partial charge in [-0.05, 0) is 48.5 Å². The van der Waals surface area contributed by atoms with Crippen molar-refractivity contribution in [2.24, 2.45) is 0 Å². The summed E-state index contributed by atoms with van der Waals surface area (Å²) in [4.78, 5) is 12.4.